The molecular weight excluding hydrogens is 250 g/mol. The maximum atomic E-state index is 11.7. The zero-order valence-corrected chi connectivity index (χ0v) is 10.3. The molecular formula is C12H11N3O2S. The summed E-state index contributed by atoms with van der Waals surface area (Å²) < 4.78 is 5.13. The fourth-order valence-corrected chi connectivity index (χ4v) is 2.19. The number of anilines is 1. The van der Waals surface area contributed by atoms with Gasteiger partial charge in [-0.1, -0.05) is 6.07 Å². The third-order valence-corrected chi connectivity index (χ3v) is 3.39. The van der Waals surface area contributed by atoms with Gasteiger partial charge in [0, 0.05) is 17.5 Å². The molecule has 5 nitrogen and oxygen atoms in total. The minimum Gasteiger partial charge on any atom is -0.380 e. The Morgan fingerprint density at radius 3 is 2.83 bits per heavy atom. The molecule has 0 bridgehead atoms. The SMILES string of the molecule is O=C(Nc1ccc(C2COC2)cn1)c1cscn1. The minimum atomic E-state index is -0.233. The standard InChI is InChI=1S/C12H11N3O2S/c16-12(10-6-18-7-14-10)15-11-2-1-8(3-13-11)9-4-17-5-9/h1-3,6-7,9H,4-5H2,(H,13,15,16). The van der Waals surface area contributed by atoms with Gasteiger partial charge in [0.15, 0.2) is 0 Å². The van der Waals surface area contributed by atoms with E-state index in [9.17, 15) is 4.79 Å². The number of amides is 1. The van der Waals surface area contributed by atoms with Crippen LogP contribution in [0.15, 0.2) is 29.2 Å². The zero-order valence-electron chi connectivity index (χ0n) is 9.50. The summed E-state index contributed by atoms with van der Waals surface area (Å²) in [5.74, 6) is 0.751. The molecule has 0 aliphatic carbocycles. The van der Waals surface area contributed by atoms with Crippen LogP contribution in [0.5, 0.6) is 0 Å². The van der Waals surface area contributed by atoms with Crippen LogP contribution in [0.2, 0.25) is 0 Å². The number of thiazole rings is 1. The smallest absolute Gasteiger partial charge is 0.276 e. The number of rotatable bonds is 3. The van der Waals surface area contributed by atoms with Crippen LogP contribution in [-0.4, -0.2) is 29.1 Å². The lowest BCUT2D eigenvalue weighted by Crippen LogP contribution is -2.25. The summed E-state index contributed by atoms with van der Waals surface area (Å²) in [5, 5.41) is 4.41. The first kappa shape index (κ1) is 11.3. The lowest BCUT2D eigenvalue weighted by molar-refractivity contribution is 0.00830. The van der Waals surface area contributed by atoms with E-state index < -0.39 is 0 Å². The maximum Gasteiger partial charge on any atom is 0.276 e. The fraction of sp³-hybridized carbons (Fsp3) is 0.250. The molecule has 1 saturated heterocycles. The van der Waals surface area contributed by atoms with Crippen LogP contribution >= 0.6 is 11.3 Å². The van der Waals surface area contributed by atoms with Crippen molar-refractivity contribution >= 4 is 23.1 Å². The molecule has 0 saturated carbocycles. The molecule has 1 amide bonds. The Labute approximate surface area is 108 Å². The molecule has 2 aromatic heterocycles. The van der Waals surface area contributed by atoms with Crippen molar-refractivity contribution in [2.24, 2.45) is 0 Å². The highest BCUT2D eigenvalue weighted by Crippen LogP contribution is 2.23. The van der Waals surface area contributed by atoms with Crippen LogP contribution in [0.25, 0.3) is 0 Å². The molecule has 3 heterocycles. The fourth-order valence-electron chi connectivity index (χ4n) is 1.65. The Hall–Kier alpha value is -1.79. The quantitative estimate of drug-likeness (QED) is 0.916. The van der Waals surface area contributed by atoms with Crippen LogP contribution in [0.3, 0.4) is 0 Å². The number of carbonyl (C=O) groups excluding carboxylic acids is 1. The molecule has 2 aromatic rings. The van der Waals surface area contributed by atoms with E-state index in [0.29, 0.717) is 17.4 Å². The summed E-state index contributed by atoms with van der Waals surface area (Å²) in [6.45, 7) is 1.51. The molecule has 0 spiro atoms. The first-order chi connectivity index (χ1) is 8.83. The first-order valence-corrected chi connectivity index (χ1v) is 6.50. The molecule has 18 heavy (non-hydrogen) atoms. The first-order valence-electron chi connectivity index (χ1n) is 5.56. The van der Waals surface area contributed by atoms with Crippen molar-refractivity contribution < 1.29 is 9.53 Å². The number of hydrogen-bond donors (Lipinski definition) is 1. The number of nitrogens with one attached hydrogen (secondary N) is 1. The highest BCUT2D eigenvalue weighted by atomic mass is 32.1. The Morgan fingerprint density at radius 2 is 2.28 bits per heavy atom. The van der Waals surface area contributed by atoms with E-state index in [2.05, 4.69) is 15.3 Å². The van der Waals surface area contributed by atoms with Gasteiger partial charge in [-0.15, -0.1) is 11.3 Å². The number of carbonyl (C=O) groups is 1. The van der Waals surface area contributed by atoms with Gasteiger partial charge in [0.2, 0.25) is 0 Å². The lowest BCUT2D eigenvalue weighted by atomic mass is 10.00. The second kappa shape index (κ2) is 4.83. The van der Waals surface area contributed by atoms with Crippen molar-refractivity contribution in [2.45, 2.75) is 5.92 Å². The van der Waals surface area contributed by atoms with Gasteiger partial charge in [-0.2, -0.15) is 0 Å². The van der Waals surface area contributed by atoms with E-state index in [-0.39, 0.29) is 5.91 Å². The summed E-state index contributed by atoms with van der Waals surface area (Å²) in [6.07, 6.45) is 1.78. The van der Waals surface area contributed by atoms with Gasteiger partial charge < -0.3 is 10.1 Å². The summed E-state index contributed by atoms with van der Waals surface area (Å²) in [7, 11) is 0. The third kappa shape index (κ3) is 2.25. The predicted molar refractivity (Wildman–Crippen MR) is 67.9 cm³/mol. The average Bonchev–Trinajstić information content (AvgIpc) is 2.83. The Bertz CT molecular complexity index is 535. The number of aromatic nitrogens is 2. The van der Waals surface area contributed by atoms with Gasteiger partial charge in [0.05, 0.1) is 18.7 Å². The largest absolute Gasteiger partial charge is 0.380 e. The normalized spacial score (nSPS) is 15.1. The molecule has 3 rings (SSSR count). The van der Waals surface area contributed by atoms with Crippen molar-refractivity contribution in [3.05, 3.63) is 40.5 Å². The van der Waals surface area contributed by atoms with Crippen molar-refractivity contribution in [1.29, 1.82) is 0 Å². The summed E-state index contributed by atoms with van der Waals surface area (Å²) in [4.78, 5) is 19.9. The highest BCUT2D eigenvalue weighted by molar-refractivity contribution is 7.07. The number of pyridine rings is 1. The molecule has 1 aliphatic rings. The zero-order chi connectivity index (χ0) is 12.4. The number of hydrogen-bond acceptors (Lipinski definition) is 5. The van der Waals surface area contributed by atoms with Crippen LogP contribution in [0.1, 0.15) is 22.0 Å². The van der Waals surface area contributed by atoms with E-state index in [1.807, 2.05) is 6.07 Å². The molecule has 0 aromatic carbocycles. The van der Waals surface area contributed by atoms with Gasteiger partial charge in [-0.3, -0.25) is 4.79 Å². The van der Waals surface area contributed by atoms with E-state index in [1.165, 1.54) is 11.3 Å². The molecule has 1 fully saturated rings. The lowest BCUT2D eigenvalue weighted by Gasteiger charge is -2.25. The number of nitrogens with zero attached hydrogens (tertiary/aromatic N) is 2. The average molecular weight is 261 g/mol. The van der Waals surface area contributed by atoms with E-state index >= 15 is 0 Å². The highest BCUT2D eigenvalue weighted by Gasteiger charge is 2.20. The van der Waals surface area contributed by atoms with Crippen LogP contribution in [0.4, 0.5) is 5.82 Å². The molecule has 1 N–H and O–H groups in total. The second-order valence-electron chi connectivity index (χ2n) is 4.04. The molecule has 6 heteroatoms. The minimum absolute atomic E-state index is 0.233. The van der Waals surface area contributed by atoms with Crippen molar-refractivity contribution in [1.82, 2.24) is 9.97 Å². The second-order valence-corrected chi connectivity index (χ2v) is 4.76. The predicted octanol–water partition coefficient (Wildman–Crippen LogP) is 1.90. The Morgan fingerprint density at radius 1 is 1.39 bits per heavy atom. The van der Waals surface area contributed by atoms with Crippen molar-refractivity contribution in [3.8, 4) is 0 Å². The van der Waals surface area contributed by atoms with Gasteiger partial charge in [0.25, 0.3) is 5.91 Å². The molecule has 0 unspecified atom stereocenters. The molecule has 0 radical (unpaired) electrons. The molecule has 0 atom stereocenters. The number of ether oxygens (including phenoxy) is 1. The van der Waals surface area contributed by atoms with E-state index in [4.69, 9.17) is 4.74 Å². The van der Waals surface area contributed by atoms with Crippen LogP contribution < -0.4 is 5.32 Å². The third-order valence-electron chi connectivity index (χ3n) is 2.80. The Balaban J connectivity index is 1.67. The van der Waals surface area contributed by atoms with Gasteiger partial charge >= 0.3 is 0 Å². The Kier molecular flexibility index (Phi) is 3.04. The molecule has 1 aliphatic heterocycles. The summed E-state index contributed by atoms with van der Waals surface area (Å²) in [6, 6.07) is 3.77. The van der Waals surface area contributed by atoms with Crippen LogP contribution in [0, 0.1) is 0 Å². The van der Waals surface area contributed by atoms with E-state index in [0.717, 1.165) is 18.8 Å². The monoisotopic (exact) mass is 261 g/mol. The van der Waals surface area contributed by atoms with Gasteiger partial charge in [-0.25, -0.2) is 9.97 Å². The van der Waals surface area contributed by atoms with Gasteiger partial charge in [-0.05, 0) is 11.6 Å². The summed E-state index contributed by atoms with van der Waals surface area (Å²) in [5.41, 5.74) is 3.19. The van der Waals surface area contributed by atoms with Crippen LogP contribution in [-0.2, 0) is 4.74 Å². The summed E-state index contributed by atoms with van der Waals surface area (Å²) >= 11 is 1.39. The van der Waals surface area contributed by atoms with E-state index in [1.54, 1.807) is 23.2 Å². The topological polar surface area (TPSA) is 64.1 Å². The van der Waals surface area contributed by atoms with Crippen molar-refractivity contribution in [3.63, 3.8) is 0 Å². The van der Waals surface area contributed by atoms with Crippen molar-refractivity contribution in [2.75, 3.05) is 18.5 Å². The molecule has 92 valence electrons. The maximum absolute atomic E-state index is 11.7. The van der Waals surface area contributed by atoms with Gasteiger partial charge in [0.1, 0.15) is 11.5 Å².